The number of piperidine rings is 1. The number of hydrogen-bond acceptors (Lipinski definition) is 5. The number of nitriles is 1. The standard InChI is InChI=1S/C17H25N3O2S/c1-17(2,3)22-16(21)20-9-5-4-6-13(20)11-19-12-15-8-7-14(10-18)23-15/h7-8,13,19H,4-6,9,11-12H2,1-3H3. The number of nitrogens with zero attached hydrogens (tertiary/aromatic N) is 2. The van der Waals surface area contributed by atoms with Crippen LogP contribution in [0.5, 0.6) is 0 Å². The fourth-order valence-corrected chi connectivity index (χ4v) is 3.44. The molecule has 0 spiro atoms. The second-order valence-electron chi connectivity index (χ2n) is 6.83. The third-order valence-electron chi connectivity index (χ3n) is 3.71. The highest BCUT2D eigenvalue weighted by molar-refractivity contribution is 7.12. The molecule has 0 aliphatic carbocycles. The van der Waals surface area contributed by atoms with E-state index in [0.717, 1.165) is 48.7 Å². The third kappa shape index (κ3) is 5.52. The number of hydrogen-bond donors (Lipinski definition) is 1. The molecule has 1 fully saturated rings. The summed E-state index contributed by atoms with van der Waals surface area (Å²) < 4.78 is 5.52. The monoisotopic (exact) mass is 335 g/mol. The normalized spacial score (nSPS) is 18.5. The number of thiophene rings is 1. The zero-order chi connectivity index (χ0) is 16.9. The Kier molecular flexibility index (Phi) is 6.03. The molecular formula is C17H25N3O2S. The molecule has 2 rings (SSSR count). The zero-order valence-corrected chi connectivity index (χ0v) is 14.9. The quantitative estimate of drug-likeness (QED) is 0.914. The van der Waals surface area contributed by atoms with Crippen molar-refractivity contribution in [3.8, 4) is 6.07 Å². The molecule has 1 amide bonds. The Morgan fingerprint density at radius 2 is 2.26 bits per heavy atom. The number of carbonyl (C=O) groups is 1. The Labute approximate surface area is 142 Å². The first-order valence-corrected chi connectivity index (χ1v) is 8.90. The van der Waals surface area contributed by atoms with Crippen LogP contribution in [0.4, 0.5) is 4.79 Å². The van der Waals surface area contributed by atoms with Crippen LogP contribution < -0.4 is 5.32 Å². The lowest BCUT2D eigenvalue weighted by atomic mass is 10.0. The third-order valence-corrected chi connectivity index (χ3v) is 4.70. The van der Waals surface area contributed by atoms with Gasteiger partial charge in [0.2, 0.25) is 0 Å². The average Bonchev–Trinajstić information content (AvgIpc) is 2.94. The Morgan fingerprint density at radius 1 is 1.48 bits per heavy atom. The number of ether oxygens (including phenoxy) is 1. The van der Waals surface area contributed by atoms with Gasteiger partial charge < -0.3 is 15.0 Å². The van der Waals surface area contributed by atoms with Gasteiger partial charge in [0.15, 0.2) is 0 Å². The van der Waals surface area contributed by atoms with Crippen LogP contribution in [0.1, 0.15) is 49.8 Å². The van der Waals surface area contributed by atoms with Crippen molar-refractivity contribution in [1.82, 2.24) is 10.2 Å². The van der Waals surface area contributed by atoms with Crippen LogP contribution in [0.3, 0.4) is 0 Å². The molecule has 1 aromatic rings. The number of amides is 1. The van der Waals surface area contributed by atoms with E-state index in [0.29, 0.717) is 0 Å². The summed E-state index contributed by atoms with van der Waals surface area (Å²) in [5, 5.41) is 12.3. The van der Waals surface area contributed by atoms with Crippen molar-refractivity contribution in [1.29, 1.82) is 5.26 Å². The minimum absolute atomic E-state index is 0.175. The summed E-state index contributed by atoms with van der Waals surface area (Å²) in [6.07, 6.45) is 2.96. The minimum atomic E-state index is -0.461. The molecule has 1 aromatic heterocycles. The highest BCUT2D eigenvalue weighted by Gasteiger charge is 2.30. The molecule has 0 saturated carbocycles. The van der Waals surface area contributed by atoms with Crippen molar-refractivity contribution < 1.29 is 9.53 Å². The van der Waals surface area contributed by atoms with Gasteiger partial charge in [0.05, 0.1) is 0 Å². The summed E-state index contributed by atoms with van der Waals surface area (Å²) in [6.45, 7) is 7.92. The largest absolute Gasteiger partial charge is 0.444 e. The number of likely N-dealkylation sites (tertiary alicyclic amines) is 1. The molecule has 126 valence electrons. The van der Waals surface area contributed by atoms with E-state index in [1.807, 2.05) is 37.8 Å². The summed E-state index contributed by atoms with van der Waals surface area (Å²) in [6, 6.07) is 6.14. The Morgan fingerprint density at radius 3 is 2.91 bits per heavy atom. The van der Waals surface area contributed by atoms with Gasteiger partial charge in [-0.1, -0.05) is 0 Å². The number of rotatable bonds is 4. The predicted octanol–water partition coefficient (Wildman–Crippen LogP) is 3.50. The van der Waals surface area contributed by atoms with Crippen molar-refractivity contribution in [3.05, 3.63) is 21.9 Å². The van der Waals surface area contributed by atoms with Crippen LogP contribution >= 0.6 is 11.3 Å². The lowest BCUT2D eigenvalue weighted by Crippen LogP contribution is -2.50. The molecule has 1 aliphatic rings. The van der Waals surface area contributed by atoms with E-state index in [4.69, 9.17) is 10.00 Å². The molecule has 1 saturated heterocycles. The lowest BCUT2D eigenvalue weighted by Gasteiger charge is -2.36. The van der Waals surface area contributed by atoms with Crippen LogP contribution in [-0.2, 0) is 11.3 Å². The van der Waals surface area contributed by atoms with Crippen molar-refractivity contribution in [3.63, 3.8) is 0 Å². The van der Waals surface area contributed by atoms with E-state index in [1.165, 1.54) is 11.3 Å². The summed E-state index contributed by atoms with van der Waals surface area (Å²) >= 11 is 1.51. The molecule has 2 heterocycles. The molecule has 0 bridgehead atoms. The smallest absolute Gasteiger partial charge is 0.410 e. The topological polar surface area (TPSA) is 65.4 Å². The summed E-state index contributed by atoms with van der Waals surface area (Å²) in [5.41, 5.74) is -0.461. The van der Waals surface area contributed by atoms with E-state index in [2.05, 4.69) is 11.4 Å². The minimum Gasteiger partial charge on any atom is -0.444 e. The molecule has 6 heteroatoms. The molecule has 0 radical (unpaired) electrons. The van der Waals surface area contributed by atoms with Crippen LogP contribution in [0.2, 0.25) is 0 Å². The first-order chi connectivity index (χ1) is 10.9. The van der Waals surface area contributed by atoms with Gasteiger partial charge in [-0.2, -0.15) is 5.26 Å². The van der Waals surface area contributed by atoms with Crippen molar-refractivity contribution in [2.24, 2.45) is 0 Å². The molecule has 1 aliphatic heterocycles. The molecule has 1 atom stereocenters. The van der Waals surface area contributed by atoms with Crippen LogP contribution in [0, 0.1) is 11.3 Å². The van der Waals surface area contributed by atoms with Gasteiger partial charge in [-0.05, 0) is 52.2 Å². The van der Waals surface area contributed by atoms with E-state index < -0.39 is 5.60 Å². The predicted molar refractivity (Wildman–Crippen MR) is 91.3 cm³/mol. The first kappa shape index (κ1) is 17.8. The molecule has 5 nitrogen and oxygen atoms in total. The molecule has 1 unspecified atom stereocenters. The lowest BCUT2D eigenvalue weighted by molar-refractivity contribution is 0.00994. The maximum atomic E-state index is 12.3. The van der Waals surface area contributed by atoms with E-state index >= 15 is 0 Å². The van der Waals surface area contributed by atoms with Gasteiger partial charge in [0, 0.05) is 30.6 Å². The Hall–Kier alpha value is -1.58. The van der Waals surface area contributed by atoms with Crippen molar-refractivity contribution >= 4 is 17.4 Å². The second-order valence-corrected chi connectivity index (χ2v) is 8.00. The number of carbonyl (C=O) groups excluding carboxylic acids is 1. The van der Waals surface area contributed by atoms with Gasteiger partial charge in [0.1, 0.15) is 16.5 Å². The van der Waals surface area contributed by atoms with E-state index in [9.17, 15) is 4.79 Å². The highest BCUT2D eigenvalue weighted by atomic mass is 32.1. The summed E-state index contributed by atoms with van der Waals surface area (Å²) in [7, 11) is 0. The van der Waals surface area contributed by atoms with Gasteiger partial charge in [-0.15, -0.1) is 11.3 Å². The Bertz CT molecular complexity index is 571. The maximum Gasteiger partial charge on any atom is 0.410 e. The highest BCUT2D eigenvalue weighted by Crippen LogP contribution is 2.20. The first-order valence-electron chi connectivity index (χ1n) is 8.08. The maximum absolute atomic E-state index is 12.3. The van der Waals surface area contributed by atoms with Crippen LogP contribution in [0.15, 0.2) is 12.1 Å². The van der Waals surface area contributed by atoms with Gasteiger partial charge in [0.25, 0.3) is 0 Å². The molecule has 23 heavy (non-hydrogen) atoms. The fraction of sp³-hybridized carbons (Fsp3) is 0.647. The van der Waals surface area contributed by atoms with Crippen molar-refractivity contribution in [2.75, 3.05) is 13.1 Å². The average molecular weight is 335 g/mol. The van der Waals surface area contributed by atoms with E-state index in [1.54, 1.807) is 0 Å². The Balaban J connectivity index is 1.86. The van der Waals surface area contributed by atoms with Gasteiger partial charge in [-0.3, -0.25) is 0 Å². The molecule has 1 N–H and O–H groups in total. The van der Waals surface area contributed by atoms with Gasteiger partial charge >= 0.3 is 6.09 Å². The van der Waals surface area contributed by atoms with E-state index in [-0.39, 0.29) is 12.1 Å². The fourth-order valence-electron chi connectivity index (χ4n) is 2.67. The van der Waals surface area contributed by atoms with Gasteiger partial charge in [-0.25, -0.2) is 4.79 Å². The second kappa shape index (κ2) is 7.80. The SMILES string of the molecule is CC(C)(C)OC(=O)N1CCCCC1CNCc1ccc(C#N)s1. The molecule has 0 aromatic carbocycles. The summed E-state index contributed by atoms with van der Waals surface area (Å²) in [4.78, 5) is 16.1. The molecular weight excluding hydrogens is 310 g/mol. The van der Waals surface area contributed by atoms with Crippen molar-refractivity contribution in [2.45, 2.75) is 58.2 Å². The number of nitrogens with one attached hydrogen (secondary N) is 1. The summed E-state index contributed by atoms with van der Waals surface area (Å²) in [5.74, 6) is 0. The zero-order valence-electron chi connectivity index (χ0n) is 14.1. The van der Waals surface area contributed by atoms with Crippen LogP contribution in [0.25, 0.3) is 0 Å². The van der Waals surface area contributed by atoms with Crippen LogP contribution in [-0.4, -0.2) is 35.7 Å².